The molecular weight excluding hydrogens is 583 g/mol. The van der Waals surface area contributed by atoms with Crippen molar-refractivity contribution in [2.45, 2.75) is 59.0 Å². The summed E-state index contributed by atoms with van der Waals surface area (Å²) in [6.07, 6.45) is 3.89. The van der Waals surface area contributed by atoms with Crippen LogP contribution in [0.4, 0.5) is 4.39 Å². The molecule has 15 heteroatoms. The van der Waals surface area contributed by atoms with Crippen LogP contribution < -0.4 is 15.4 Å². The first-order valence-electron chi connectivity index (χ1n) is 15.0. The fraction of sp³-hybridized carbons (Fsp3) is 0.467. The molecule has 3 amide bonds. The van der Waals surface area contributed by atoms with Crippen molar-refractivity contribution in [2.24, 2.45) is 5.92 Å². The quantitative estimate of drug-likeness (QED) is 0.348. The normalized spacial score (nSPS) is 17.0. The molecule has 1 aliphatic rings. The number of aromatic nitrogens is 7. The van der Waals surface area contributed by atoms with Gasteiger partial charge in [-0.2, -0.15) is 10.1 Å². The molecule has 4 aromatic rings. The summed E-state index contributed by atoms with van der Waals surface area (Å²) >= 11 is 0. The third-order valence-electron chi connectivity index (χ3n) is 7.38. The maximum Gasteiger partial charge on any atom is 0.272 e. The highest BCUT2D eigenvalue weighted by Crippen LogP contribution is 2.21. The summed E-state index contributed by atoms with van der Waals surface area (Å²) in [5.74, 6) is -1.37. The van der Waals surface area contributed by atoms with Crippen molar-refractivity contribution in [1.82, 2.24) is 50.1 Å². The van der Waals surface area contributed by atoms with Crippen LogP contribution in [0.15, 0.2) is 36.8 Å². The number of carbonyl (C=O) groups excluding carboxylic acids is 3. The third-order valence-corrected chi connectivity index (χ3v) is 7.38. The van der Waals surface area contributed by atoms with Gasteiger partial charge in [-0.15, -0.1) is 5.10 Å². The molecule has 0 fully saturated rings. The number of nitrogens with zero attached hydrogens (tertiary/aromatic N) is 8. The molecule has 1 atom stereocenters. The molecule has 0 aliphatic carbocycles. The van der Waals surface area contributed by atoms with E-state index < -0.39 is 23.7 Å². The molecule has 45 heavy (non-hydrogen) atoms. The van der Waals surface area contributed by atoms with Gasteiger partial charge in [-0.05, 0) is 42.5 Å². The maximum atomic E-state index is 14.2. The van der Waals surface area contributed by atoms with Crippen molar-refractivity contribution in [3.05, 3.63) is 65.3 Å². The average molecular weight is 621 g/mol. The molecule has 2 N–H and O–H groups in total. The lowest BCUT2D eigenvalue weighted by molar-refractivity contribution is -0.123. The molecule has 0 saturated heterocycles. The van der Waals surface area contributed by atoms with Crippen LogP contribution in [0.5, 0.6) is 5.75 Å². The summed E-state index contributed by atoms with van der Waals surface area (Å²) in [7, 11) is 0. The van der Waals surface area contributed by atoms with Crippen LogP contribution >= 0.6 is 0 Å². The van der Waals surface area contributed by atoms with Crippen molar-refractivity contribution in [2.75, 3.05) is 26.2 Å². The summed E-state index contributed by atoms with van der Waals surface area (Å²) in [4.78, 5) is 50.7. The molecule has 1 aromatic carbocycles. The Balaban J connectivity index is 1.42. The van der Waals surface area contributed by atoms with Gasteiger partial charge in [0.2, 0.25) is 5.91 Å². The fourth-order valence-corrected chi connectivity index (χ4v) is 5.08. The van der Waals surface area contributed by atoms with Gasteiger partial charge in [0.15, 0.2) is 0 Å². The van der Waals surface area contributed by atoms with Gasteiger partial charge in [0.1, 0.15) is 36.2 Å². The Morgan fingerprint density at radius 3 is 2.73 bits per heavy atom. The number of carbonyl (C=O) groups is 3. The van der Waals surface area contributed by atoms with Crippen LogP contribution in [0, 0.1) is 11.7 Å². The Morgan fingerprint density at radius 2 is 1.96 bits per heavy atom. The number of hydrogen-bond donors (Lipinski definition) is 2. The molecule has 0 radical (unpaired) electrons. The minimum atomic E-state index is -0.896. The van der Waals surface area contributed by atoms with Crippen LogP contribution in [-0.2, 0) is 17.8 Å². The van der Waals surface area contributed by atoms with Crippen molar-refractivity contribution in [3.63, 3.8) is 0 Å². The lowest BCUT2D eigenvalue weighted by Gasteiger charge is -2.24. The van der Waals surface area contributed by atoms with E-state index in [2.05, 4.69) is 36.0 Å². The number of rotatable bonds is 4. The predicted molar refractivity (Wildman–Crippen MR) is 160 cm³/mol. The van der Waals surface area contributed by atoms with Gasteiger partial charge in [0, 0.05) is 32.3 Å². The van der Waals surface area contributed by atoms with E-state index in [1.54, 1.807) is 26.4 Å². The standard InChI is InChI=1S/C30H37FN10O4/c1-18(2)13-23-28(43)32-8-10-39(29(44)24-15-25(19(3)4)41-30(36-24)33-17-34-41)9-7-21-16-40(38-37-21)11-12-45-26-6-5-20(31)14-22(26)27(42)35-23/h5-6,14-19,23H,7-13H2,1-4H3,(H,32,43)(H,35,42)/t23-/m1/s1. The number of nitrogens with one attached hydrogen (secondary N) is 2. The predicted octanol–water partition coefficient (Wildman–Crippen LogP) is 2.02. The smallest absolute Gasteiger partial charge is 0.272 e. The van der Waals surface area contributed by atoms with E-state index >= 15 is 0 Å². The molecule has 1 aliphatic heterocycles. The minimum Gasteiger partial charge on any atom is -0.491 e. The average Bonchev–Trinajstić information content (AvgIpc) is 3.67. The molecule has 0 spiro atoms. The number of benzene rings is 1. The van der Waals surface area contributed by atoms with Gasteiger partial charge < -0.3 is 20.3 Å². The number of fused-ring (bicyclic) bond motifs is 4. The molecule has 0 saturated carbocycles. The van der Waals surface area contributed by atoms with E-state index in [4.69, 9.17) is 4.74 Å². The van der Waals surface area contributed by atoms with Gasteiger partial charge in [0.05, 0.1) is 23.5 Å². The van der Waals surface area contributed by atoms with Crippen molar-refractivity contribution in [1.29, 1.82) is 0 Å². The Kier molecular flexibility index (Phi) is 9.64. The topological polar surface area (TPSA) is 162 Å². The number of hydrogen-bond acceptors (Lipinski definition) is 9. The van der Waals surface area contributed by atoms with Crippen molar-refractivity contribution in [3.8, 4) is 5.75 Å². The zero-order chi connectivity index (χ0) is 32.1. The SMILES string of the molecule is CC(C)C[C@H]1NC(=O)c2cc(F)ccc2OCCn2cc(nn2)CCN(C(=O)c2cc(C(C)C)n3ncnc3n2)CCNC1=O. The molecule has 5 rings (SSSR count). The van der Waals surface area contributed by atoms with Gasteiger partial charge in [0.25, 0.3) is 17.6 Å². The van der Waals surface area contributed by atoms with Crippen LogP contribution in [0.2, 0.25) is 0 Å². The second-order valence-corrected chi connectivity index (χ2v) is 11.6. The molecule has 2 bridgehead atoms. The van der Waals surface area contributed by atoms with Crippen LogP contribution in [0.1, 0.15) is 72.3 Å². The molecule has 14 nitrogen and oxygen atoms in total. The zero-order valence-corrected chi connectivity index (χ0v) is 25.7. The van der Waals surface area contributed by atoms with Crippen molar-refractivity contribution >= 4 is 23.5 Å². The summed E-state index contributed by atoms with van der Waals surface area (Å²) in [6.45, 7) is 8.85. The Bertz CT molecular complexity index is 1680. The molecule has 4 heterocycles. The van der Waals surface area contributed by atoms with E-state index in [0.717, 1.165) is 11.8 Å². The zero-order valence-electron chi connectivity index (χ0n) is 25.7. The number of ether oxygens (including phenoxy) is 1. The molecular formula is C30H37FN10O4. The first-order chi connectivity index (χ1) is 21.6. The Labute approximate surface area is 259 Å². The Morgan fingerprint density at radius 1 is 1.13 bits per heavy atom. The van der Waals surface area contributed by atoms with E-state index in [0.29, 0.717) is 30.9 Å². The number of halogens is 1. The highest BCUT2D eigenvalue weighted by atomic mass is 19.1. The lowest BCUT2D eigenvalue weighted by atomic mass is 10.0. The van der Waals surface area contributed by atoms with E-state index in [1.165, 1.54) is 18.5 Å². The second-order valence-electron chi connectivity index (χ2n) is 11.6. The van der Waals surface area contributed by atoms with E-state index in [-0.39, 0.29) is 61.0 Å². The van der Waals surface area contributed by atoms with Gasteiger partial charge in [-0.25, -0.2) is 18.6 Å². The number of amides is 3. The Hall–Kier alpha value is -4.95. The van der Waals surface area contributed by atoms with Crippen LogP contribution in [0.25, 0.3) is 5.78 Å². The summed E-state index contributed by atoms with van der Waals surface area (Å²) in [5, 5.41) is 18.2. The van der Waals surface area contributed by atoms with Gasteiger partial charge >= 0.3 is 0 Å². The van der Waals surface area contributed by atoms with Crippen molar-refractivity contribution < 1.29 is 23.5 Å². The monoisotopic (exact) mass is 620 g/mol. The van der Waals surface area contributed by atoms with E-state index in [1.807, 2.05) is 27.7 Å². The third kappa shape index (κ3) is 7.59. The second kappa shape index (κ2) is 13.8. The van der Waals surface area contributed by atoms with Crippen LogP contribution in [-0.4, -0.2) is 89.5 Å². The minimum absolute atomic E-state index is 0.0216. The van der Waals surface area contributed by atoms with E-state index in [9.17, 15) is 18.8 Å². The summed E-state index contributed by atoms with van der Waals surface area (Å²) < 4.78 is 23.2. The fourth-order valence-electron chi connectivity index (χ4n) is 5.08. The molecule has 238 valence electrons. The van der Waals surface area contributed by atoms with Gasteiger partial charge in [-0.3, -0.25) is 14.4 Å². The first-order valence-corrected chi connectivity index (χ1v) is 15.0. The van der Waals surface area contributed by atoms with Crippen LogP contribution in [0.3, 0.4) is 0 Å². The molecule has 0 unspecified atom stereocenters. The summed E-state index contributed by atoms with van der Waals surface area (Å²) in [6, 6.07) is 4.50. The highest BCUT2D eigenvalue weighted by molar-refractivity contribution is 5.99. The maximum absolute atomic E-state index is 14.2. The molecule has 3 aromatic heterocycles. The highest BCUT2D eigenvalue weighted by Gasteiger charge is 2.26. The first kappa shape index (κ1) is 31.5. The van der Waals surface area contributed by atoms with Gasteiger partial charge in [-0.1, -0.05) is 32.9 Å². The largest absolute Gasteiger partial charge is 0.491 e. The summed E-state index contributed by atoms with van der Waals surface area (Å²) in [5.41, 5.74) is 1.63. The lowest BCUT2D eigenvalue weighted by Crippen LogP contribution is -2.49.